The van der Waals surface area contributed by atoms with Crippen LogP contribution in [-0.2, 0) is 4.74 Å². The third-order valence-electron chi connectivity index (χ3n) is 5.39. The van der Waals surface area contributed by atoms with Crippen LogP contribution in [0.15, 0.2) is 36.7 Å². The molecule has 33 heavy (non-hydrogen) atoms. The van der Waals surface area contributed by atoms with Gasteiger partial charge < -0.3 is 29.0 Å². The molecule has 0 unspecified atom stereocenters. The molecule has 0 radical (unpaired) electrons. The Labute approximate surface area is 193 Å². The molecule has 1 aromatic heterocycles. The van der Waals surface area contributed by atoms with Gasteiger partial charge in [0.2, 0.25) is 11.7 Å². The molecule has 1 fully saturated rings. The van der Waals surface area contributed by atoms with Crippen molar-refractivity contribution in [3.05, 3.63) is 42.2 Å². The highest BCUT2D eigenvalue weighted by Crippen LogP contribution is 2.40. The van der Waals surface area contributed by atoms with Crippen LogP contribution in [0.2, 0.25) is 0 Å². The van der Waals surface area contributed by atoms with Crippen LogP contribution in [0.1, 0.15) is 18.4 Å². The van der Waals surface area contributed by atoms with E-state index in [-0.39, 0.29) is 6.10 Å². The van der Waals surface area contributed by atoms with Crippen molar-refractivity contribution in [2.75, 3.05) is 39.9 Å². The van der Waals surface area contributed by atoms with Crippen LogP contribution in [0.25, 0.3) is 11.4 Å². The number of aryl methyl sites for hydroxylation is 1. The van der Waals surface area contributed by atoms with E-state index in [9.17, 15) is 0 Å². The van der Waals surface area contributed by atoms with E-state index in [4.69, 9.17) is 23.7 Å². The van der Waals surface area contributed by atoms with Gasteiger partial charge in [0.25, 0.3) is 0 Å². The van der Waals surface area contributed by atoms with Crippen LogP contribution in [0.4, 0.5) is 11.6 Å². The van der Waals surface area contributed by atoms with Gasteiger partial charge in [-0.2, -0.15) is 4.98 Å². The third-order valence-corrected chi connectivity index (χ3v) is 5.39. The Morgan fingerprint density at radius 1 is 0.909 bits per heavy atom. The molecule has 3 aromatic rings. The molecule has 0 saturated carbocycles. The number of nitrogens with one attached hydrogen (secondary N) is 1. The highest BCUT2D eigenvalue weighted by atomic mass is 16.5. The van der Waals surface area contributed by atoms with E-state index in [2.05, 4.69) is 20.3 Å². The van der Waals surface area contributed by atoms with Crippen LogP contribution in [0.3, 0.4) is 0 Å². The number of methoxy groups -OCH3 is 3. The lowest BCUT2D eigenvalue weighted by molar-refractivity contribution is 0.0253. The zero-order valence-electron chi connectivity index (χ0n) is 19.3. The molecule has 9 nitrogen and oxygen atoms in total. The molecular weight excluding hydrogens is 424 g/mol. The monoisotopic (exact) mass is 452 g/mol. The van der Waals surface area contributed by atoms with E-state index < -0.39 is 0 Å². The number of ether oxygens (including phenoxy) is 5. The topological polar surface area (TPSA) is 96.9 Å². The first-order chi connectivity index (χ1) is 16.1. The Morgan fingerprint density at radius 2 is 1.64 bits per heavy atom. The van der Waals surface area contributed by atoms with Crippen LogP contribution in [-0.4, -0.2) is 55.6 Å². The van der Waals surface area contributed by atoms with E-state index in [1.54, 1.807) is 33.5 Å². The minimum atomic E-state index is 0.190. The van der Waals surface area contributed by atoms with Crippen molar-refractivity contribution in [1.82, 2.24) is 15.0 Å². The first kappa shape index (κ1) is 22.6. The molecule has 0 bridgehead atoms. The van der Waals surface area contributed by atoms with E-state index in [0.29, 0.717) is 34.7 Å². The van der Waals surface area contributed by atoms with Gasteiger partial charge in [-0.15, -0.1) is 0 Å². The number of rotatable bonds is 8. The number of hydrogen-bond donors (Lipinski definition) is 1. The van der Waals surface area contributed by atoms with Crippen molar-refractivity contribution >= 4 is 11.6 Å². The third kappa shape index (κ3) is 5.25. The lowest BCUT2D eigenvalue weighted by Gasteiger charge is -2.24. The minimum absolute atomic E-state index is 0.190. The second kappa shape index (κ2) is 10.4. The summed E-state index contributed by atoms with van der Waals surface area (Å²) in [5.74, 6) is 3.40. The summed E-state index contributed by atoms with van der Waals surface area (Å²) in [5, 5.41) is 3.18. The van der Waals surface area contributed by atoms with Crippen molar-refractivity contribution < 1.29 is 23.7 Å². The largest absolute Gasteiger partial charge is 0.493 e. The standard InChI is InChI=1S/C24H28N4O5/c1-15-11-16(5-6-19(15)33-18-7-9-32-10-8-18)23-25-14-26-24(28-23)27-17-12-20(29-2)22(31-4)21(13-17)30-3/h5-6,11-14,18H,7-10H2,1-4H3,(H,25,26,27,28). The summed E-state index contributed by atoms with van der Waals surface area (Å²) in [5.41, 5.74) is 2.60. The predicted octanol–water partition coefficient (Wildman–Crippen LogP) is 4.17. The molecule has 174 valence electrons. The summed E-state index contributed by atoms with van der Waals surface area (Å²) in [7, 11) is 4.70. The number of anilines is 2. The second-order valence-electron chi connectivity index (χ2n) is 7.58. The quantitative estimate of drug-likeness (QED) is 0.540. The Bertz CT molecular complexity index is 1080. The number of benzene rings is 2. The highest BCUT2D eigenvalue weighted by Gasteiger charge is 2.17. The molecular formula is C24H28N4O5. The van der Waals surface area contributed by atoms with Crippen molar-refractivity contribution in [2.24, 2.45) is 0 Å². The fraction of sp³-hybridized carbons (Fsp3) is 0.375. The van der Waals surface area contributed by atoms with Crippen molar-refractivity contribution in [3.8, 4) is 34.4 Å². The molecule has 4 rings (SSSR count). The van der Waals surface area contributed by atoms with Gasteiger partial charge in [0.15, 0.2) is 17.3 Å². The molecule has 1 N–H and O–H groups in total. The fourth-order valence-electron chi connectivity index (χ4n) is 3.67. The van der Waals surface area contributed by atoms with Crippen molar-refractivity contribution in [3.63, 3.8) is 0 Å². The molecule has 1 aliphatic rings. The Hall–Kier alpha value is -3.59. The molecule has 0 amide bonds. The average Bonchev–Trinajstić information content (AvgIpc) is 2.85. The normalized spacial score (nSPS) is 13.9. The SMILES string of the molecule is COc1cc(Nc2ncnc(-c3ccc(OC4CCOCC4)c(C)c3)n2)cc(OC)c1OC. The molecule has 2 aromatic carbocycles. The highest BCUT2D eigenvalue weighted by molar-refractivity contribution is 5.66. The van der Waals surface area contributed by atoms with Crippen LogP contribution >= 0.6 is 0 Å². The first-order valence-corrected chi connectivity index (χ1v) is 10.7. The molecule has 1 saturated heterocycles. The Kier molecular flexibility index (Phi) is 7.09. The Morgan fingerprint density at radius 3 is 2.27 bits per heavy atom. The summed E-state index contributed by atoms with van der Waals surface area (Å²) in [6.07, 6.45) is 3.48. The van der Waals surface area contributed by atoms with Crippen LogP contribution in [0, 0.1) is 6.92 Å². The maximum atomic E-state index is 6.16. The van der Waals surface area contributed by atoms with Gasteiger partial charge in [-0.1, -0.05) is 0 Å². The van der Waals surface area contributed by atoms with Gasteiger partial charge in [0.05, 0.1) is 34.5 Å². The number of nitrogens with zero attached hydrogens (tertiary/aromatic N) is 3. The van der Waals surface area contributed by atoms with Gasteiger partial charge in [-0.25, -0.2) is 9.97 Å². The predicted molar refractivity (Wildman–Crippen MR) is 124 cm³/mol. The maximum Gasteiger partial charge on any atom is 0.230 e. The Balaban J connectivity index is 1.54. The maximum absolute atomic E-state index is 6.16. The lowest BCUT2D eigenvalue weighted by atomic mass is 10.1. The van der Waals surface area contributed by atoms with E-state index >= 15 is 0 Å². The average molecular weight is 453 g/mol. The second-order valence-corrected chi connectivity index (χ2v) is 7.58. The minimum Gasteiger partial charge on any atom is -0.493 e. The first-order valence-electron chi connectivity index (χ1n) is 10.7. The van der Waals surface area contributed by atoms with Crippen molar-refractivity contribution in [2.45, 2.75) is 25.9 Å². The van der Waals surface area contributed by atoms with E-state index in [1.165, 1.54) is 6.33 Å². The van der Waals surface area contributed by atoms with Crippen LogP contribution in [0.5, 0.6) is 23.0 Å². The zero-order valence-corrected chi connectivity index (χ0v) is 19.3. The summed E-state index contributed by atoms with van der Waals surface area (Å²) < 4.78 is 27.8. The van der Waals surface area contributed by atoms with Crippen LogP contribution < -0.4 is 24.3 Å². The summed E-state index contributed by atoms with van der Waals surface area (Å²) in [4.78, 5) is 13.2. The molecule has 0 atom stereocenters. The smallest absolute Gasteiger partial charge is 0.230 e. The molecule has 0 aliphatic carbocycles. The van der Waals surface area contributed by atoms with Gasteiger partial charge >= 0.3 is 0 Å². The van der Waals surface area contributed by atoms with Gasteiger partial charge in [-0.05, 0) is 30.7 Å². The summed E-state index contributed by atoms with van der Waals surface area (Å²) >= 11 is 0. The van der Waals surface area contributed by atoms with Gasteiger partial charge in [-0.3, -0.25) is 0 Å². The molecule has 2 heterocycles. The molecule has 0 spiro atoms. The van der Waals surface area contributed by atoms with Gasteiger partial charge in [0.1, 0.15) is 18.2 Å². The fourth-order valence-corrected chi connectivity index (χ4v) is 3.67. The number of hydrogen-bond acceptors (Lipinski definition) is 9. The zero-order chi connectivity index (χ0) is 23.2. The van der Waals surface area contributed by atoms with E-state index in [0.717, 1.165) is 42.9 Å². The van der Waals surface area contributed by atoms with E-state index in [1.807, 2.05) is 25.1 Å². The summed E-state index contributed by atoms with van der Waals surface area (Å²) in [6, 6.07) is 9.53. The molecule has 1 aliphatic heterocycles. The van der Waals surface area contributed by atoms with Crippen molar-refractivity contribution in [1.29, 1.82) is 0 Å². The lowest BCUT2D eigenvalue weighted by Crippen LogP contribution is -2.26. The summed E-state index contributed by atoms with van der Waals surface area (Å²) in [6.45, 7) is 3.51. The van der Waals surface area contributed by atoms with Gasteiger partial charge in [0, 0.05) is 36.2 Å². The number of aromatic nitrogens is 3. The molecule has 9 heteroatoms.